The molecule has 0 aliphatic heterocycles. The van der Waals surface area contributed by atoms with E-state index >= 15 is 0 Å². The molecule has 2 aromatic carbocycles. The van der Waals surface area contributed by atoms with Crippen LogP contribution in [0.2, 0.25) is 0 Å². The summed E-state index contributed by atoms with van der Waals surface area (Å²) in [5.74, 6) is 1.61. The van der Waals surface area contributed by atoms with Crippen molar-refractivity contribution in [3.63, 3.8) is 0 Å². The third-order valence-corrected chi connectivity index (χ3v) is 4.55. The first-order valence-corrected chi connectivity index (χ1v) is 8.05. The number of rotatable bonds is 5. The van der Waals surface area contributed by atoms with Crippen LogP contribution in [0.1, 0.15) is 17.2 Å². The van der Waals surface area contributed by atoms with E-state index in [0.29, 0.717) is 6.42 Å². The van der Waals surface area contributed by atoms with Crippen molar-refractivity contribution in [1.82, 2.24) is 0 Å². The SMILES string of the molecule is COc1ccc(Br)c(CC(N)c2ccc(Br)cc2OC)c1. The van der Waals surface area contributed by atoms with Gasteiger partial charge in [-0.25, -0.2) is 0 Å². The molecule has 0 amide bonds. The maximum atomic E-state index is 6.36. The van der Waals surface area contributed by atoms with E-state index in [1.165, 1.54) is 0 Å². The monoisotopic (exact) mass is 413 g/mol. The fourth-order valence-corrected chi connectivity index (χ4v) is 2.92. The van der Waals surface area contributed by atoms with Crippen LogP contribution < -0.4 is 15.2 Å². The molecular weight excluding hydrogens is 398 g/mol. The molecule has 2 aromatic rings. The van der Waals surface area contributed by atoms with Gasteiger partial charge in [-0.15, -0.1) is 0 Å². The van der Waals surface area contributed by atoms with E-state index in [9.17, 15) is 0 Å². The van der Waals surface area contributed by atoms with Crippen molar-refractivity contribution >= 4 is 31.9 Å². The Hall–Kier alpha value is -1.04. The van der Waals surface area contributed by atoms with Crippen LogP contribution in [0, 0.1) is 0 Å². The molecule has 0 bridgehead atoms. The summed E-state index contributed by atoms with van der Waals surface area (Å²) < 4.78 is 12.7. The fourth-order valence-electron chi connectivity index (χ4n) is 2.17. The lowest BCUT2D eigenvalue weighted by Crippen LogP contribution is -2.15. The highest BCUT2D eigenvalue weighted by Gasteiger charge is 2.15. The molecule has 0 saturated carbocycles. The van der Waals surface area contributed by atoms with E-state index in [-0.39, 0.29) is 6.04 Å². The normalized spacial score (nSPS) is 12.0. The Labute approximate surface area is 141 Å². The van der Waals surface area contributed by atoms with E-state index in [2.05, 4.69) is 31.9 Å². The van der Waals surface area contributed by atoms with E-state index in [4.69, 9.17) is 15.2 Å². The molecule has 0 aromatic heterocycles. The lowest BCUT2D eigenvalue weighted by molar-refractivity contribution is 0.405. The predicted molar refractivity (Wildman–Crippen MR) is 92.0 cm³/mol. The first-order chi connectivity index (χ1) is 10.0. The van der Waals surface area contributed by atoms with Crippen molar-refractivity contribution in [2.75, 3.05) is 14.2 Å². The third kappa shape index (κ3) is 3.99. The number of benzene rings is 2. The first-order valence-electron chi connectivity index (χ1n) is 6.46. The van der Waals surface area contributed by atoms with Crippen molar-refractivity contribution in [1.29, 1.82) is 0 Å². The van der Waals surface area contributed by atoms with E-state index in [1.807, 2.05) is 36.4 Å². The van der Waals surface area contributed by atoms with Crippen LogP contribution in [0.25, 0.3) is 0 Å². The predicted octanol–water partition coefficient (Wildman–Crippen LogP) is 4.47. The van der Waals surface area contributed by atoms with Crippen LogP contribution >= 0.6 is 31.9 Å². The van der Waals surface area contributed by atoms with Crippen LogP contribution in [0.15, 0.2) is 45.3 Å². The van der Waals surface area contributed by atoms with Crippen LogP contribution in [0.3, 0.4) is 0 Å². The maximum absolute atomic E-state index is 6.36. The summed E-state index contributed by atoms with van der Waals surface area (Å²) in [6.07, 6.45) is 0.690. The van der Waals surface area contributed by atoms with Crippen LogP contribution in [0.5, 0.6) is 11.5 Å². The van der Waals surface area contributed by atoms with Gasteiger partial charge in [0.1, 0.15) is 11.5 Å². The van der Waals surface area contributed by atoms with Crippen molar-refractivity contribution in [3.05, 3.63) is 56.5 Å². The summed E-state index contributed by atoms with van der Waals surface area (Å²) in [5, 5.41) is 0. The van der Waals surface area contributed by atoms with Gasteiger partial charge in [-0.1, -0.05) is 37.9 Å². The zero-order valence-electron chi connectivity index (χ0n) is 11.9. The highest BCUT2D eigenvalue weighted by molar-refractivity contribution is 9.10. The molecule has 0 aliphatic carbocycles. The zero-order valence-corrected chi connectivity index (χ0v) is 15.1. The standard InChI is InChI=1S/C16H17Br2NO2/c1-20-12-4-6-14(18)10(7-12)8-15(19)13-5-3-11(17)9-16(13)21-2/h3-7,9,15H,8,19H2,1-2H3. The van der Waals surface area contributed by atoms with Crippen molar-refractivity contribution in [3.8, 4) is 11.5 Å². The molecule has 0 fully saturated rings. The second kappa shape index (κ2) is 7.29. The molecule has 21 heavy (non-hydrogen) atoms. The molecular formula is C16H17Br2NO2. The van der Waals surface area contributed by atoms with Crippen molar-refractivity contribution in [2.24, 2.45) is 5.73 Å². The van der Waals surface area contributed by atoms with Crippen molar-refractivity contribution < 1.29 is 9.47 Å². The summed E-state index contributed by atoms with van der Waals surface area (Å²) in [5.41, 5.74) is 8.44. The molecule has 2 rings (SSSR count). The van der Waals surface area contributed by atoms with Gasteiger partial charge < -0.3 is 15.2 Å². The Morgan fingerprint density at radius 1 is 1.05 bits per heavy atom. The van der Waals surface area contributed by atoms with E-state index in [1.54, 1.807) is 14.2 Å². The summed E-state index contributed by atoms with van der Waals surface area (Å²) in [7, 11) is 3.31. The molecule has 3 nitrogen and oxygen atoms in total. The number of nitrogens with two attached hydrogens (primary N) is 1. The Balaban J connectivity index is 2.27. The average Bonchev–Trinajstić information content (AvgIpc) is 2.49. The molecule has 1 unspecified atom stereocenters. The summed E-state index contributed by atoms with van der Waals surface area (Å²) >= 11 is 7.00. The van der Waals surface area contributed by atoms with Gasteiger partial charge in [-0.05, 0) is 42.3 Å². The van der Waals surface area contributed by atoms with Gasteiger partial charge in [0.25, 0.3) is 0 Å². The van der Waals surface area contributed by atoms with Gasteiger partial charge in [-0.3, -0.25) is 0 Å². The highest BCUT2D eigenvalue weighted by atomic mass is 79.9. The van der Waals surface area contributed by atoms with Crippen LogP contribution in [-0.4, -0.2) is 14.2 Å². The lowest BCUT2D eigenvalue weighted by Gasteiger charge is -2.17. The number of halogens is 2. The zero-order chi connectivity index (χ0) is 15.4. The molecule has 0 radical (unpaired) electrons. The molecule has 0 heterocycles. The fraction of sp³-hybridized carbons (Fsp3) is 0.250. The molecule has 2 N–H and O–H groups in total. The molecule has 5 heteroatoms. The van der Waals surface area contributed by atoms with Gasteiger partial charge in [0, 0.05) is 20.6 Å². The minimum absolute atomic E-state index is 0.156. The van der Waals surface area contributed by atoms with Gasteiger partial charge >= 0.3 is 0 Å². The molecule has 0 aliphatic rings. The van der Waals surface area contributed by atoms with Gasteiger partial charge in [0.05, 0.1) is 14.2 Å². The summed E-state index contributed by atoms with van der Waals surface area (Å²) in [4.78, 5) is 0. The minimum Gasteiger partial charge on any atom is -0.497 e. The van der Waals surface area contributed by atoms with Gasteiger partial charge in [0.15, 0.2) is 0 Å². The second-order valence-corrected chi connectivity index (χ2v) is 6.42. The molecule has 112 valence electrons. The van der Waals surface area contributed by atoms with E-state index in [0.717, 1.165) is 31.6 Å². The Morgan fingerprint density at radius 3 is 2.48 bits per heavy atom. The number of hydrogen-bond donors (Lipinski definition) is 1. The average molecular weight is 415 g/mol. The lowest BCUT2D eigenvalue weighted by atomic mass is 9.99. The van der Waals surface area contributed by atoms with Crippen molar-refractivity contribution in [2.45, 2.75) is 12.5 Å². The molecule has 0 saturated heterocycles. The Bertz CT molecular complexity index is 632. The summed E-state index contributed by atoms with van der Waals surface area (Å²) in [6, 6.07) is 11.6. The minimum atomic E-state index is -0.156. The van der Waals surface area contributed by atoms with Gasteiger partial charge in [0.2, 0.25) is 0 Å². The molecule has 0 spiro atoms. The van der Waals surface area contributed by atoms with E-state index < -0.39 is 0 Å². The van der Waals surface area contributed by atoms with Crippen LogP contribution in [-0.2, 0) is 6.42 Å². The highest BCUT2D eigenvalue weighted by Crippen LogP contribution is 2.31. The third-order valence-electron chi connectivity index (χ3n) is 3.29. The molecule has 1 atom stereocenters. The van der Waals surface area contributed by atoms with Crippen LogP contribution in [0.4, 0.5) is 0 Å². The Morgan fingerprint density at radius 2 is 1.81 bits per heavy atom. The number of methoxy groups -OCH3 is 2. The maximum Gasteiger partial charge on any atom is 0.124 e. The quantitative estimate of drug-likeness (QED) is 0.784. The summed E-state index contributed by atoms with van der Waals surface area (Å²) in [6.45, 7) is 0. The topological polar surface area (TPSA) is 44.5 Å². The first kappa shape index (κ1) is 16.3. The smallest absolute Gasteiger partial charge is 0.124 e. The number of ether oxygens (including phenoxy) is 2. The number of hydrogen-bond acceptors (Lipinski definition) is 3. The largest absolute Gasteiger partial charge is 0.497 e. The van der Waals surface area contributed by atoms with Gasteiger partial charge in [-0.2, -0.15) is 0 Å². The Kier molecular flexibility index (Phi) is 5.67. The second-order valence-electron chi connectivity index (χ2n) is 4.65.